The lowest BCUT2D eigenvalue weighted by atomic mass is 10.2. The topological polar surface area (TPSA) is 88.1 Å². The number of halogens is 2. The second-order valence-corrected chi connectivity index (χ2v) is 9.63. The average Bonchev–Trinajstić information content (AvgIpc) is 2.79. The number of anilines is 1. The number of methoxy groups -OCH3 is 1. The van der Waals surface area contributed by atoms with Crippen molar-refractivity contribution in [2.24, 2.45) is 5.10 Å². The van der Waals surface area contributed by atoms with E-state index >= 15 is 0 Å². The zero-order valence-corrected chi connectivity index (χ0v) is 20.1. The van der Waals surface area contributed by atoms with Crippen molar-refractivity contribution in [1.82, 2.24) is 5.43 Å². The van der Waals surface area contributed by atoms with Gasteiger partial charge in [0.2, 0.25) is 0 Å². The van der Waals surface area contributed by atoms with Crippen LogP contribution in [-0.4, -0.2) is 34.2 Å². The first-order valence-corrected chi connectivity index (χ1v) is 11.9. The molecule has 0 saturated heterocycles. The van der Waals surface area contributed by atoms with E-state index in [4.69, 9.17) is 16.3 Å². The highest BCUT2D eigenvalue weighted by Gasteiger charge is 2.27. The lowest BCUT2D eigenvalue weighted by molar-refractivity contribution is -0.119. The first kappa shape index (κ1) is 23.8. The number of hydrogen-bond acceptors (Lipinski definition) is 5. The van der Waals surface area contributed by atoms with Crippen LogP contribution in [0.4, 0.5) is 5.69 Å². The standard InChI is InChI=1S/C22H19BrClN3O4S/c1-31-19-10-12-20(13-11-19)32(29,30)27(18-8-6-17(24)7-9-18)15-22(28)26-25-14-16-4-2-3-5-21(16)23/h2-14H,15H2,1H3,(H,26,28)/b25-14-. The summed E-state index contributed by atoms with van der Waals surface area (Å²) >= 11 is 9.33. The molecule has 0 heterocycles. The molecule has 0 aliphatic heterocycles. The van der Waals surface area contributed by atoms with Gasteiger partial charge in [0.25, 0.3) is 15.9 Å². The Morgan fingerprint density at radius 3 is 2.38 bits per heavy atom. The Morgan fingerprint density at radius 1 is 1.09 bits per heavy atom. The molecule has 1 N–H and O–H groups in total. The minimum atomic E-state index is -4.06. The predicted octanol–water partition coefficient (Wildman–Crippen LogP) is 4.46. The molecule has 0 fully saturated rings. The first-order chi connectivity index (χ1) is 15.3. The Balaban J connectivity index is 1.85. The van der Waals surface area contributed by atoms with Crippen molar-refractivity contribution in [3.63, 3.8) is 0 Å². The van der Waals surface area contributed by atoms with Crippen molar-refractivity contribution in [3.05, 3.63) is 87.9 Å². The largest absolute Gasteiger partial charge is 0.497 e. The quantitative estimate of drug-likeness (QED) is 0.340. The number of hydrogen-bond donors (Lipinski definition) is 1. The Labute approximate surface area is 199 Å². The molecule has 0 spiro atoms. The summed E-state index contributed by atoms with van der Waals surface area (Å²) in [6.45, 7) is -0.483. The summed E-state index contributed by atoms with van der Waals surface area (Å²) in [5.41, 5.74) is 3.41. The van der Waals surface area contributed by atoms with Gasteiger partial charge in [-0.2, -0.15) is 5.10 Å². The van der Waals surface area contributed by atoms with Crippen LogP contribution < -0.4 is 14.5 Å². The summed E-state index contributed by atoms with van der Waals surface area (Å²) in [7, 11) is -2.57. The SMILES string of the molecule is COc1ccc(S(=O)(=O)N(CC(=O)N/N=C\c2ccccc2Br)c2ccc(Cl)cc2)cc1. The van der Waals surface area contributed by atoms with Gasteiger partial charge in [-0.25, -0.2) is 13.8 Å². The first-order valence-electron chi connectivity index (χ1n) is 9.30. The van der Waals surface area contributed by atoms with Crippen molar-refractivity contribution in [3.8, 4) is 5.75 Å². The maximum atomic E-state index is 13.3. The second kappa shape index (κ2) is 10.6. The third-order valence-corrected chi connectivity index (χ3v) is 7.11. The minimum Gasteiger partial charge on any atom is -0.497 e. The van der Waals surface area contributed by atoms with E-state index in [-0.39, 0.29) is 10.6 Å². The van der Waals surface area contributed by atoms with Crippen LogP contribution in [-0.2, 0) is 14.8 Å². The molecule has 10 heteroatoms. The molecule has 0 aromatic heterocycles. The summed E-state index contributed by atoms with van der Waals surface area (Å²) in [5.74, 6) is -0.0958. The Bertz CT molecular complexity index is 1220. The number of hydrazone groups is 1. The lowest BCUT2D eigenvalue weighted by Gasteiger charge is -2.23. The van der Waals surface area contributed by atoms with E-state index in [1.54, 1.807) is 12.1 Å². The monoisotopic (exact) mass is 535 g/mol. The van der Waals surface area contributed by atoms with E-state index in [1.807, 2.05) is 24.3 Å². The van der Waals surface area contributed by atoms with Crippen molar-refractivity contribution >= 4 is 55.4 Å². The smallest absolute Gasteiger partial charge is 0.264 e. The fourth-order valence-corrected chi connectivity index (χ4v) is 4.65. The number of carbonyl (C=O) groups excluding carboxylic acids is 1. The van der Waals surface area contributed by atoms with Gasteiger partial charge in [-0.05, 0) is 54.6 Å². The molecule has 166 valence electrons. The molecule has 3 aromatic rings. The molecule has 0 unspecified atom stereocenters. The summed E-state index contributed by atoms with van der Waals surface area (Å²) < 4.78 is 33.5. The predicted molar refractivity (Wildman–Crippen MR) is 129 cm³/mol. The van der Waals surface area contributed by atoms with Gasteiger partial charge in [0.15, 0.2) is 0 Å². The zero-order valence-electron chi connectivity index (χ0n) is 16.9. The molecule has 3 rings (SSSR count). The Kier molecular flexibility index (Phi) is 7.89. The van der Waals surface area contributed by atoms with E-state index in [9.17, 15) is 13.2 Å². The summed E-state index contributed by atoms with van der Waals surface area (Å²) in [6, 6.07) is 19.4. The average molecular weight is 537 g/mol. The van der Waals surface area contributed by atoms with E-state index in [1.165, 1.54) is 49.7 Å². The molecule has 3 aromatic carbocycles. The molecular formula is C22H19BrClN3O4S. The van der Waals surface area contributed by atoms with Crippen molar-refractivity contribution in [2.75, 3.05) is 18.0 Å². The van der Waals surface area contributed by atoms with Gasteiger partial charge >= 0.3 is 0 Å². The molecule has 0 atom stereocenters. The Morgan fingerprint density at radius 2 is 1.75 bits per heavy atom. The molecule has 7 nitrogen and oxygen atoms in total. The second-order valence-electron chi connectivity index (χ2n) is 6.48. The van der Waals surface area contributed by atoms with Gasteiger partial charge < -0.3 is 4.74 Å². The number of sulfonamides is 1. The van der Waals surface area contributed by atoms with Crippen LogP contribution in [0.3, 0.4) is 0 Å². The fraction of sp³-hybridized carbons (Fsp3) is 0.0909. The van der Waals surface area contributed by atoms with Crippen LogP contribution in [0.2, 0.25) is 5.02 Å². The molecule has 0 aliphatic rings. The summed E-state index contributed by atoms with van der Waals surface area (Å²) in [6.07, 6.45) is 1.46. The summed E-state index contributed by atoms with van der Waals surface area (Å²) in [5, 5.41) is 4.37. The molecule has 0 aliphatic carbocycles. The van der Waals surface area contributed by atoms with Crippen LogP contribution in [0.15, 0.2) is 87.3 Å². The fourth-order valence-electron chi connectivity index (χ4n) is 2.72. The molecule has 32 heavy (non-hydrogen) atoms. The maximum Gasteiger partial charge on any atom is 0.264 e. The van der Waals surface area contributed by atoms with Crippen molar-refractivity contribution in [1.29, 1.82) is 0 Å². The molecule has 0 radical (unpaired) electrons. The van der Waals surface area contributed by atoms with Gasteiger partial charge in [0.05, 0.1) is 23.9 Å². The number of ether oxygens (including phenoxy) is 1. The lowest BCUT2D eigenvalue weighted by Crippen LogP contribution is -2.39. The third-order valence-electron chi connectivity index (χ3n) is 4.35. The van der Waals surface area contributed by atoms with E-state index < -0.39 is 22.5 Å². The number of rotatable bonds is 8. The van der Waals surface area contributed by atoms with Crippen LogP contribution in [0.1, 0.15) is 5.56 Å². The highest BCUT2D eigenvalue weighted by molar-refractivity contribution is 9.10. The van der Waals surface area contributed by atoms with Gasteiger partial charge in [-0.3, -0.25) is 9.10 Å². The van der Waals surface area contributed by atoms with Gasteiger partial charge in [-0.1, -0.05) is 45.7 Å². The molecule has 0 saturated carbocycles. The van der Waals surface area contributed by atoms with E-state index in [0.717, 1.165) is 14.3 Å². The Hall–Kier alpha value is -2.88. The zero-order chi connectivity index (χ0) is 23.1. The van der Waals surface area contributed by atoms with Crippen LogP contribution in [0.25, 0.3) is 0 Å². The highest BCUT2D eigenvalue weighted by atomic mass is 79.9. The number of nitrogens with zero attached hydrogens (tertiary/aromatic N) is 2. The number of carbonyl (C=O) groups is 1. The normalized spacial score (nSPS) is 11.3. The molecule has 0 bridgehead atoms. The van der Waals surface area contributed by atoms with Gasteiger partial charge in [0.1, 0.15) is 12.3 Å². The van der Waals surface area contributed by atoms with E-state index in [2.05, 4.69) is 26.5 Å². The van der Waals surface area contributed by atoms with Crippen LogP contribution in [0.5, 0.6) is 5.75 Å². The van der Waals surface area contributed by atoms with Gasteiger partial charge in [-0.15, -0.1) is 0 Å². The highest BCUT2D eigenvalue weighted by Crippen LogP contribution is 2.26. The molecule has 1 amide bonds. The van der Waals surface area contributed by atoms with Crippen molar-refractivity contribution < 1.29 is 17.9 Å². The van der Waals surface area contributed by atoms with Crippen LogP contribution >= 0.6 is 27.5 Å². The van der Waals surface area contributed by atoms with Crippen molar-refractivity contribution in [2.45, 2.75) is 4.90 Å². The third kappa shape index (κ3) is 5.87. The summed E-state index contributed by atoms with van der Waals surface area (Å²) in [4.78, 5) is 12.6. The maximum absolute atomic E-state index is 13.3. The minimum absolute atomic E-state index is 0.0118. The van der Waals surface area contributed by atoms with E-state index in [0.29, 0.717) is 10.8 Å². The number of benzene rings is 3. The number of nitrogens with one attached hydrogen (secondary N) is 1. The number of amides is 1. The van der Waals surface area contributed by atoms with Gasteiger partial charge in [0, 0.05) is 15.1 Å². The molecular weight excluding hydrogens is 518 g/mol. The van der Waals surface area contributed by atoms with Crippen LogP contribution in [0, 0.1) is 0 Å².